The third kappa shape index (κ3) is 3.16. The number of rotatable bonds is 4. The molecule has 0 unspecified atom stereocenters. The van der Waals surface area contributed by atoms with Gasteiger partial charge >= 0.3 is 0 Å². The van der Waals surface area contributed by atoms with Crippen LogP contribution in [-0.2, 0) is 13.1 Å². The fourth-order valence-electron chi connectivity index (χ4n) is 1.30. The highest BCUT2D eigenvalue weighted by Crippen LogP contribution is 2.20. The SMILES string of the molecule is N#Cc1csc(CNCc2csc(Br)c2)c1. The van der Waals surface area contributed by atoms with Crippen LogP contribution in [-0.4, -0.2) is 0 Å². The van der Waals surface area contributed by atoms with Crippen molar-refractivity contribution in [1.29, 1.82) is 5.26 Å². The lowest BCUT2D eigenvalue weighted by Gasteiger charge is -1.99. The van der Waals surface area contributed by atoms with Gasteiger partial charge < -0.3 is 5.32 Å². The van der Waals surface area contributed by atoms with Crippen LogP contribution in [0.25, 0.3) is 0 Å². The van der Waals surface area contributed by atoms with Crippen molar-refractivity contribution in [3.05, 3.63) is 42.7 Å². The summed E-state index contributed by atoms with van der Waals surface area (Å²) in [5, 5.41) is 16.1. The predicted molar refractivity (Wildman–Crippen MR) is 71.6 cm³/mol. The van der Waals surface area contributed by atoms with Crippen LogP contribution in [0.4, 0.5) is 0 Å². The van der Waals surface area contributed by atoms with E-state index in [1.54, 1.807) is 22.7 Å². The van der Waals surface area contributed by atoms with E-state index >= 15 is 0 Å². The Morgan fingerprint density at radius 2 is 2.12 bits per heavy atom. The van der Waals surface area contributed by atoms with Crippen LogP contribution in [0, 0.1) is 11.3 Å². The van der Waals surface area contributed by atoms with Gasteiger partial charge in [-0.15, -0.1) is 22.7 Å². The minimum Gasteiger partial charge on any atom is -0.308 e. The summed E-state index contributed by atoms with van der Waals surface area (Å²) in [7, 11) is 0. The topological polar surface area (TPSA) is 35.8 Å². The van der Waals surface area contributed by atoms with Gasteiger partial charge in [0.15, 0.2) is 0 Å². The summed E-state index contributed by atoms with van der Waals surface area (Å²) in [5.41, 5.74) is 2.04. The summed E-state index contributed by atoms with van der Waals surface area (Å²) in [4.78, 5) is 1.20. The van der Waals surface area contributed by atoms with Gasteiger partial charge in [0.2, 0.25) is 0 Å². The molecule has 0 spiro atoms. The van der Waals surface area contributed by atoms with Gasteiger partial charge in [0, 0.05) is 23.3 Å². The van der Waals surface area contributed by atoms with Gasteiger partial charge in [-0.05, 0) is 39.0 Å². The van der Waals surface area contributed by atoms with Crippen LogP contribution in [0.5, 0.6) is 0 Å². The van der Waals surface area contributed by atoms with Crippen molar-refractivity contribution in [2.75, 3.05) is 0 Å². The zero-order chi connectivity index (χ0) is 11.4. The van der Waals surface area contributed by atoms with Crippen LogP contribution < -0.4 is 5.32 Å². The summed E-state index contributed by atoms with van der Waals surface area (Å²) >= 11 is 6.76. The van der Waals surface area contributed by atoms with Crippen molar-refractivity contribution in [2.45, 2.75) is 13.1 Å². The Hall–Kier alpha value is -0.670. The second-order valence-corrected chi connectivity index (χ2v) is 6.56. The normalized spacial score (nSPS) is 10.2. The largest absolute Gasteiger partial charge is 0.308 e. The van der Waals surface area contributed by atoms with Crippen LogP contribution in [0.15, 0.2) is 26.7 Å². The van der Waals surface area contributed by atoms with E-state index in [9.17, 15) is 0 Å². The van der Waals surface area contributed by atoms with Crippen molar-refractivity contribution in [3.63, 3.8) is 0 Å². The quantitative estimate of drug-likeness (QED) is 0.933. The molecule has 1 N–H and O–H groups in total. The molecule has 0 saturated heterocycles. The molecule has 0 radical (unpaired) electrons. The third-order valence-corrected chi connectivity index (χ3v) is 4.52. The molecule has 0 aliphatic carbocycles. The molecule has 2 aromatic rings. The molecule has 5 heteroatoms. The number of nitrogens with one attached hydrogen (secondary N) is 1. The molecule has 2 nitrogen and oxygen atoms in total. The van der Waals surface area contributed by atoms with Gasteiger partial charge in [-0.2, -0.15) is 5.26 Å². The van der Waals surface area contributed by atoms with Gasteiger partial charge in [-0.1, -0.05) is 0 Å². The van der Waals surface area contributed by atoms with Crippen molar-refractivity contribution < 1.29 is 0 Å². The maximum Gasteiger partial charge on any atom is 0.100 e. The molecular formula is C11H9BrN2S2. The fourth-order valence-corrected chi connectivity index (χ4v) is 3.29. The lowest BCUT2D eigenvalue weighted by atomic mass is 10.3. The Bertz CT molecular complexity index is 510. The first-order valence-corrected chi connectivity index (χ1v) is 7.24. The fraction of sp³-hybridized carbons (Fsp3) is 0.182. The van der Waals surface area contributed by atoms with Crippen LogP contribution >= 0.6 is 38.6 Å². The Kier molecular flexibility index (Phi) is 4.13. The highest BCUT2D eigenvalue weighted by molar-refractivity contribution is 9.11. The Labute approximate surface area is 111 Å². The smallest absolute Gasteiger partial charge is 0.100 e. The Morgan fingerprint density at radius 1 is 1.25 bits per heavy atom. The van der Waals surface area contributed by atoms with Gasteiger partial charge in [0.1, 0.15) is 6.07 Å². The molecule has 2 heterocycles. The average Bonchev–Trinajstić information content (AvgIpc) is 2.88. The summed E-state index contributed by atoms with van der Waals surface area (Å²) in [5.74, 6) is 0. The molecule has 82 valence electrons. The van der Waals surface area contributed by atoms with Crippen LogP contribution in [0.1, 0.15) is 16.0 Å². The van der Waals surface area contributed by atoms with Crippen molar-refractivity contribution in [2.24, 2.45) is 0 Å². The summed E-state index contributed by atoms with van der Waals surface area (Å²) < 4.78 is 1.16. The molecule has 0 fully saturated rings. The zero-order valence-electron chi connectivity index (χ0n) is 8.37. The van der Waals surface area contributed by atoms with Crippen LogP contribution in [0.2, 0.25) is 0 Å². The second-order valence-electron chi connectivity index (χ2n) is 3.28. The molecule has 0 amide bonds. The van der Waals surface area contributed by atoms with E-state index in [1.807, 2.05) is 11.4 Å². The summed E-state index contributed by atoms with van der Waals surface area (Å²) in [6, 6.07) is 6.19. The second kappa shape index (κ2) is 5.60. The first-order chi connectivity index (χ1) is 7.78. The van der Waals surface area contributed by atoms with E-state index in [1.165, 1.54) is 10.4 Å². The summed E-state index contributed by atoms with van der Waals surface area (Å²) in [6.07, 6.45) is 0. The lowest BCUT2D eigenvalue weighted by Crippen LogP contribution is -2.10. The molecule has 16 heavy (non-hydrogen) atoms. The van der Waals surface area contributed by atoms with E-state index in [4.69, 9.17) is 5.26 Å². The highest BCUT2D eigenvalue weighted by atomic mass is 79.9. The average molecular weight is 313 g/mol. The maximum atomic E-state index is 8.69. The lowest BCUT2D eigenvalue weighted by molar-refractivity contribution is 0.702. The molecule has 0 aromatic carbocycles. The van der Waals surface area contributed by atoms with E-state index < -0.39 is 0 Å². The molecule has 2 aromatic heterocycles. The monoisotopic (exact) mass is 312 g/mol. The van der Waals surface area contributed by atoms with Gasteiger partial charge in [0.25, 0.3) is 0 Å². The van der Waals surface area contributed by atoms with E-state index in [2.05, 4.69) is 38.8 Å². The molecule has 0 aliphatic rings. The number of hydrogen-bond acceptors (Lipinski definition) is 4. The molecule has 0 bridgehead atoms. The van der Waals surface area contributed by atoms with E-state index in [0.717, 1.165) is 22.4 Å². The number of hydrogen-bond donors (Lipinski definition) is 1. The minimum absolute atomic E-state index is 0.750. The number of nitriles is 1. The number of halogens is 1. The van der Waals surface area contributed by atoms with E-state index in [0.29, 0.717) is 0 Å². The van der Waals surface area contributed by atoms with Crippen molar-refractivity contribution >= 4 is 38.6 Å². The molecule has 2 rings (SSSR count). The molecule has 0 atom stereocenters. The van der Waals surface area contributed by atoms with Crippen molar-refractivity contribution in [3.8, 4) is 6.07 Å². The van der Waals surface area contributed by atoms with Gasteiger partial charge in [-0.3, -0.25) is 0 Å². The Morgan fingerprint density at radius 3 is 2.75 bits per heavy atom. The molecule has 0 aliphatic heterocycles. The first-order valence-electron chi connectivity index (χ1n) is 4.69. The molecule has 0 saturated carbocycles. The van der Waals surface area contributed by atoms with Crippen LogP contribution in [0.3, 0.4) is 0 Å². The van der Waals surface area contributed by atoms with Crippen molar-refractivity contribution in [1.82, 2.24) is 5.32 Å². The van der Waals surface area contributed by atoms with Gasteiger partial charge in [0.05, 0.1) is 9.35 Å². The maximum absolute atomic E-state index is 8.69. The first kappa shape index (κ1) is 11.8. The van der Waals surface area contributed by atoms with Gasteiger partial charge in [-0.25, -0.2) is 0 Å². The number of thiophene rings is 2. The van der Waals surface area contributed by atoms with E-state index in [-0.39, 0.29) is 0 Å². The predicted octanol–water partition coefficient (Wildman–Crippen LogP) is 3.73. The highest BCUT2D eigenvalue weighted by Gasteiger charge is 2.00. The summed E-state index contributed by atoms with van der Waals surface area (Å²) in [6.45, 7) is 1.68. The third-order valence-electron chi connectivity index (χ3n) is 2.03. The standard InChI is InChI=1S/C11H9BrN2S2/c12-11-2-9(7-16-11)4-14-5-10-1-8(3-13)6-15-10/h1-2,6-7,14H,4-5H2. The minimum atomic E-state index is 0.750. The zero-order valence-corrected chi connectivity index (χ0v) is 11.6. The molecular weight excluding hydrogens is 304 g/mol. The number of nitrogens with zero attached hydrogens (tertiary/aromatic N) is 1. The Balaban J connectivity index is 1.82.